The van der Waals surface area contributed by atoms with Crippen LogP contribution in [-0.4, -0.2) is 21.4 Å². The number of halogens is 1. The van der Waals surface area contributed by atoms with E-state index < -0.39 is 15.9 Å². The Hall–Kier alpha value is -3.03. The summed E-state index contributed by atoms with van der Waals surface area (Å²) >= 11 is 6.01. The maximum Gasteiger partial charge on any atom is 0.264 e. The molecular formula is C23H21ClN2O4S. The van der Waals surface area contributed by atoms with Crippen LogP contribution in [0.4, 0.5) is 11.4 Å². The highest BCUT2D eigenvalue weighted by atomic mass is 35.5. The van der Waals surface area contributed by atoms with E-state index in [0.29, 0.717) is 22.1 Å². The molecule has 0 fully saturated rings. The van der Waals surface area contributed by atoms with E-state index in [2.05, 4.69) is 5.32 Å². The Bertz CT molecular complexity index is 1310. The van der Waals surface area contributed by atoms with E-state index in [0.717, 1.165) is 16.7 Å². The van der Waals surface area contributed by atoms with Crippen molar-refractivity contribution in [2.45, 2.75) is 25.7 Å². The highest BCUT2D eigenvalue weighted by Crippen LogP contribution is 2.38. The molecule has 0 aliphatic carbocycles. The number of carbonyl (C=O) groups excluding carboxylic acids is 1. The molecule has 0 radical (unpaired) electrons. The lowest BCUT2D eigenvalue weighted by molar-refractivity contribution is 0.102. The van der Waals surface area contributed by atoms with Crippen LogP contribution >= 0.6 is 11.6 Å². The van der Waals surface area contributed by atoms with Crippen LogP contribution in [0.25, 0.3) is 0 Å². The molecule has 6 nitrogen and oxygen atoms in total. The predicted octanol–water partition coefficient (Wildman–Crippen LogP) is 5.45. The van der Waals surface area contributed by atoms with E-state index >= 15 is 0 Å². The molecule has 1 aliphatic heterocycles. The van der Waals surface area contributed by atoms with Crippen LogP contribution in [0.5, 0.6) is 11.5 Å². The minimum Gasteiger partial charge on any atom is -0.454 e. The zero-order valence-electron chi connectivity index (χ0n) is 17.5. The van der Waals surface area contributed by atoms with Crippen molar-refractivity contribution in [3.05, 3.63) is 75.8 Å². The first kappa shape index (κ1) is 21.2. The van der Waals surface area contributed by atoms with Gasteiger partial charge < -0.3 is 10.1 Å². The Morgan fingerprint density at radius 3 is 2.26 bits per heavy atom. The maximum atomic E-state index is 13.4. The van der Waals surface area contributed by atoms with Gasteiger partial charge in [-0.2, -0.15) is 0 Å². The van der Waals surface area contributed by atoms with Crippen LogP contribution in [0, 0.1) is 20.8 Å². The van der Waals surface area contributed by atoms with E-state index in [4.69, 9.17) is 16.3 Å². The summed E-state index contributed by atoms with van der Waals surface area (Å²) in [5.41, 5.74) is 3.92. The number of sulfonamides is 1. The van der Waals surface area contributed by atoms with Gasteiger partial charge in [0.2, 0.25) is 0 Å². The van der Waals surface area contributed by atoms with E-state index in [1.54, 1.807) is 18.2 Å². The second kappa shape index (κ2) is 7.59. The Kier molecular flexibility index (Phi) is 5.19. The molecule has 3 aromatic rings. The number of hydrogen-bond donors (Lipinski definition) is 1. The summed E-state index contributed by atoms with van der Waals surface area (Å²) in [5, 5.41) is 3.17. The van der Waals surface area contributed by atoms with Crippen molar-refractivity contribution in [3.8, 4) is 11.5 Å². The van der Waals surface area contributed by atoms with E-state index in [9.17, 15) is 13.2 Å². The lowest BCUT2D eigenvalue weighted by Crippen LogP contribution is -2.28. The molecule has 0 saturated heterocycles. The standard InChI is InChI=1S/C23H21ClN2O4S/c1-13-9-14(2)22(15(3)10-13)26(4)31(28,29)17-6-8-20-18(12-17)23(27)25-19-11-16(24)5-7-21(19)30-20/h5-12H,1-4H3,(H,25,27). The molecule has 0 spiro atoms. The maximum absolute atomic E-state index is 13.4. The molecule has 1 aliphatic rings. The van der Waals surface area contributed by atoms with Gasteiger partial charge in [-0.3, -0.25) is 9.10 Å². The fraction of sp³-hybridized carbons (Fsp3) is 0.174. The first-order valence-corrected chi connectivity index (χ1v) is 11.4. The monoisotopic (exact) mass is 456 g/mol. The molecule has 1 amide bonds. The number of rotatable bonds is 3. The van der Waals surface area contributed by atoms with E-state index in [-0.39, 0.29) is 16.2 Å². The molecule has 0 atom stereocenters. The van der Waals surface area contributed by atoms with Crippen molar-refractivity contribution in [3.63, 3.8) is 0 Å². The molecule has 0 bridgehead atoms. The van der Waals surface area contributed by atoms with Crippen LogP contribution in [0.1, 0.15) is 27.0 Å². The quantitative estimate of drug-likeness (QED) is 0.568. The highest BCUT2D eigenvalue weighted by molar-refractivity contribution is 7.92. The van der Waals surface area contributed by atoms with Crippen molar-refractivity contribution >= 4 is 38.9 Å². The lowest BCUT2D eigenvalue weighted by Gasteiger charge is -2.24. The Labute approximate surface area is 186 Å². The van der Waals surface area contributed by atoms with Crippen molar-refractivity contribution < 1.29 is 17.9 Å². The number of hydrogen-bond acceptors (Lipinski definition) is 4. The third-order valence-electron chi connectivity index (χ3n) is 5.21. The van der Waals surface area contributed by atoms with Gasteiger partial charge in [-0.05, 0) is 68.3 Å². The third kappa shape index (κ3) is 3.75. The van der Waals surface area contributed by atoms with Crippen LogP contribution in [0.15, 0.2) is 53.4 Å². The summed E-state index contributed by atoms with van der Waals surface area (Å²) in [5.74, 6) is 0.219. The SMILES string of the molecule is Cc1cc(C)c(N(C)S(=O)(=O)c2ccc3c(c2)C(=O)Nc2cc(Cl)ccc2O3)c(C)c1. The van der Waals surface area contributed by atoms with Crippen molar-refractivity contribution in [1.29, 1.82) is 0 Å². The number of amides is 1. The summed E-state index contributed by atoms with van der Waals surface area (Å²) in [6.07, 6.45) is 0. The molecule has 4 rings (SSSR count). The molecule has 31 heavy (non-hydrogen) atoms. The molecular weight excluding hydrogens is 436 g/mol. The number of fused-ring (bicyclic) bond motifs is 2. The fourth-order valence-corrected chi connectivity index (χ4v) is 5.40. The topological polar surface area (TPSA) is 75.7 Å². The number of carbonyl (C=O) groups is 1. The summed E-state index contributed by atoms with van der Waals surface area (Å²) in [6.45, 7) is 5.72. The first-order chi connectivity index (χ1) is 14.6. The van der Waals surface area contributed by atoms with Gasteiger partial charge in [-0.1, -0.05) is 29.3 Å². The Balaban J connectivity index is 1.76. The Morgan fingerprint density at radius 2 is 1.58 bits per heavy atom. The van der Waals surface area contributed by atoms with Gasteiger partial charge in [0, 0.05) is 12.1 Å². The summed E-state index contributed by atoms with van der Waals surface area (Å²) in [7, 11) is -2.40. The minimum atomic E-state index is -3.92. The number of anilines is 2. The van der Waals surface area contributed by atoms with Gasteiger partial charge in [-0.15, -0.1) is 0 Å². The summed E-state index contributed by atoms with van der Waals surface area (Å²) < 4.78 is 33.9. The lowest BCUT2D eigenvalue weighted by atomic mass is 10.1. The minimum absolute atomic E-state index is 0.00383. The summed E-state index contributed by atoms with van der Waals surface area (Å²) in [6, 6.07) is 13.0. The zero-order chi connectivity index (χ0) is 22.5. The molecule has 1 heterocycles. The number of nitrogens with one attached hydrogen (secondary N) is 1. The van der Waals surface area contributed by atoms with Crippen molar-refractivity contribution in [2.24, 2.45) is 0 Å². The number of ether oxygens (including phenoxy) is 1. The van der Waals surface area contributed by atoms with Gasteiger partial charge in [0.25, 0.3) is 15.9 Å². The smallest absolute Gasteiger partial charge is 0.264 e. The van der Waals surface area contributed by atoms with Gasteiger partial charge in [0.15, 0.2) is 5.75 Å². The molecule has 0 saturated carbocycles. The van der Waals surface area contributed by atoms with Gasteiger partial charge in [0.1, 0.15) is 5.75 Å². The largest absolute Gasteiger partial charge is 0.454 e. The van der Waals surface area contributed by atoms with Crippen LogP contribution < -0.4 is 14.4 Å². The average molecular weight is 457 g/mol. The molecule has 160 valence electrons. The van der Waals surface area contributed by atoms with Crippen LogP contribution in [0.3, 0.4) is 0 Å². The van der Waals surface area contributed by atoms with Crippen molar-refractivity contribution in [1.82, 2.24) is 0 Å². The van der Waals surface area contributed by atoms with E-state index in [1.165, 1.54) is 29.6 Å². The van der Waals surface area contributed by atoms with Crippen LogP contribution in [-0.2, 0) is 10.0 Å². The second-order valence-electron chi connectivity index (χ2n) is 7.57. The number of nitrogens with zero attached hydrogens (tertiary/aromatic N) is 1. The molecule has 1 N–H and O–H groups in total. The zero-order valence-corrected chi connectivity index (χ0v) is 19.1. The van der Waals surface area contributed by atoms with Gasteiger partial charge in [-0.25, -0.2) is 8.42 Å². The summed E-state index contributed by atoms with van der Waals surface area (Å²) in [4.78, 5) is 12.8. The predicted molar refractivity (Wildman–Crippen MR) is 122 cm³/mol. The van der Waals surface area contributed by atoms with Crippen LogP contribution in [0.2, 0.25) is 5.02 Å². The van der Waals surface area contributed by atoms with Gasteiger partial charge in [0.05, 0.1) is 21.8 Å². The fourth-order valence-electron chi connectivity index (χ4n) is 3.88. The number of benzene rings is 3. The highest BCUT2D eigenvalue weighted by Gasteiger charge is 2.28. The molecule has 0 unspecified atom stereocenters. The first-order valence-electron chi connectivity index (χ1n) is 9.57. The second-order valence-corrected chi connectivity index (χ2v) is 9.98. The van der Waals surface area contributed by atoms with Gasteiger partial charge >= 0.3 is 0 Å². The normalized spacial score (nSPS) is 12.9. The molecule has 3 aromatic carbocycles. The van der Waals surface area contributed by atoms with E-state index in [1.807, 2.05) is 32.9 Å². The van der Waals surface area contributed by atoms with Crippen molar-refractivity contribution in [2.75, 3.05) is 16.7 Å². The average Bonchev–Trinajstić information content (AvgIpc) is 2.82. The third-order valence-corrected chi connectivity index (χ3v) is 7.20. The molecule has 8 heteroatoms. The Morgan fingerprint density at radius 1 is 0.935 bits per heavy atom. The molecule has 0 aromatic heterocycles. The number of aryl methyl sites for hydroxylation is 3.